The smallest absolute Gasteiger partial charge is 0.309 e. The number of ether oxygens (including phenoxy) is 1. The highest BCUT2D eigenvalue weighted by atomic mass is 19.2. The Bertz CT molecular complexity index is 655. The third-order valence-electron chi connectivity index (χ3n) is 5.51. The van der Waals surface area contributed by atoms with Gasteiger partial charge in [0.05, 0.1) is 19.6 Å². The molecule has 0 N–H and O–H groups in total. The van der Waals surface area contributed by atoms with Gasteiger partial charge in [-0.3, -0.25) is 14.5 Å². The van der Waals surface area contributed by atoms with Gasteiger partial charge in [0.1, 0.15) is 5.78 Å². The van der Waals surface area contributed by atoms with Crippen LogP contribution in [-0.2, 0) is 20.7 Å². The maximum atomic E-state index is 13.4. The minimum absolute atomic E-state index is 0.0924. The van der Waals surface area contributed by atoms with E-state index in [2.05, 4.69) is 18.7 Å². The summed E-state index contributed by atoms with van der Waals surface area (Å²) in [6.07, 6.45) is 4.19. The van der Waals surface area contributed by atoms with Crippen LogP contribution in [0.4, 0.5) is 8.78 Å². The van der Waals surface area contributed by atoms with E-state index in [1.807, 2.05) is 0 Å². The van der Waals surface area contributed by atoms with Crippen molar-refractivity contribution in [1.82, 2.24) is 4.90 Å². The standard InChI is InChI=1S/C21H29F2NO3/c1-14-5-4-6-15(2)24(14)13-18(25)9-8-17(21(26)27-3)11-16-7-10-19(22)20(23)12-16/h7,10,12,14-15,17H,4-6,8-9,11,13H2,1-3H3/t14-,15+,17-/m0/s1. The zero-order valence-corrected chi connectivity index (χ0v) is 16.3. The molecule has 27 heavy (non-hydrogen) atoms. The van der Waals surface area contributed by atoms with E-state index in [4.69, 9.17) is 4.74 Å². The number of piperidine rings is 1. The van der Waals surface area contributed by atoms with Crippen molar-refractivity contribution in [1.29, 1.82) is 0 Å². The lowest BCUT2D eigenvalue weighted by atomic mass is 9.93. The average Bonchev–Trinajstić information content (AvgIpc) is 2.64. The van der Waals surface area contributed by atoms with Crippen molar-refractivity contribution < 1.29 is 23.1 Å². The molecule has 0 unspecified atom stereocenters. The monoisotopic (exact) mass is 381 g/mol. The molecule has 2 rings (SSSR count). The number of carbonyl (C=O) groups excluding carboxylic acids is 2. The van der Waals surface area contributed by atoms with Gasteiger partial charge in [-0.1, -0.05) is 12.5 Å². The maximum Gasteiger partial charge on any atom is 0.309 e. The molecular weight excluding hydrogens is 352 g/mol. The number of methoxy groups -OCH3 is 1. The number of ketones is 1. The summed E-state index contributed by atoms with van der Waals surface area (Å²) in [5, 5.41) is 0. The van der Waals surface area contributed by atoms with Crippen LogP contribution in [-0.4, -0.2) is 42.4 Å². The fraction of sp³-hybridized carbons (Fsp3) is 0.619. The van der Waals surface area contributed by atoms with Crippen LogP contribution in [0.15, 0.2) is 18.2 Å². The summed E-state index contributed by atoms with van der Waals surface area (Å²) in [7, 11) is 1.29. The van der Waals surface area contributed by atoms with Gasteiger partial charge in [0.15, 0.2) is 11.6 Å². The van der Waals surface area contributed by atoms with Crippen LogP contribution in [0.2, 0.25) is 0 Å². The van der Waals surface area contributed by atoms with Crippen LogP contribution >= 0.6 is 0 Å². The average molecular weight is 381 g/mol. The zero-order chi connectivity index (χ0) is 20.0. The third-order valence-corrected chi connectivity index (χ3v) is 5.51. The highest BCUT2D eigenvalue weighted by Gasteiger charge is 2.27. The second kappa shape index (κ2) is 9.93. The van der Waals surface area contributed by atoms with Crippen LogP contribution in [0.25, 0.3) is 0 Å². The Morgan fingerprint density at radius 3 is 2.44 bits per heavy atom. The maximum absolute atomic E-state index is 13.4. The Hall–Kier alpha value is -1.82. The molecule has 3 atom stereocenters. The third kappa shape index (κ3) is 6.09. The van der Waals surface area contributed by atoms with Crippen LogP contribution in [0.3, 0.4) is 0 Å². The van der Waals surface area contributed by atoms with Crippen LogP contribution in [0.5, 0.6) is 0 Å². The summed E-state index contributed by atoms with van der Waals surface area (Å²) in [6.45, 7) is 4.67. The molecule has 1 aliphatic heterocycles. The predicted molar refractivity (Wildman–Crippen MR) is 99.3 cm³/mol. The second-order valence-corrected chi connectivity index (χ2v) is 7.55. The van der Waals surface area contributed by atoms with Gasteiger partial charge >= 0.3 is 5.97 Å². The van der Waals surface area contributed by atoms with E-state index in [0.717, 1.165) is 25.0 Å². The van der Waals surface area contributed by atoms with E-state index in [1.54, 1.807) is 0 Å². The first kappa shape index (κ1) is 21.5. The molecular formula is C21H29F2NO3. The van der Waals surface area contributed by atoms with Gasteiger partial charge < -0.3 is 4.74 Å². The number of hydrogen-bond donors (Lipinski definition) is 0. The Kier molecular flexibility index (Phi) is 7.90. The first-order valence-electron chi connectivity index (χ1n) is 9.61. The molecule has 1 heterocycles. The Morgan fingerprint density at radius 2 is 1.85 bits per heavy atom. The number of likely N-dealkylation sites (tertiary alicyclic amines) is 1. The fourth-order valence-electron chi connectivity index (χ4n) is 3.83. The van der Waals surface area contributed by atoms with Gasteiger partial charge in [-0.05, 0) is 57.2 Å². The zero-order valence-electron chi connectivity index (χ0n) is 16.3. The summed E-state index contributed by atoms with van der Waals surface area (Å²) in [5.74, 6) is -2.77. The molecule has 0 amide bonds. The summed E-state index contributed by atoms with van der Waals surface area (Å²) < 4.78 is 31.3. The van der Waals surface area contributed by atoms with Crippen molar-refractivity contribution in [2.75, 3.05) is 13.7 Å². The molecule has 1 saturated heterocycles. The van der Waals surface area contributed by atoms with E-state index in [0.29, 0.717) is 30.6 Å². The van der Waals surface area contributed by atoms with Crippen molar-refractivity contribution in [3.05, 3.63) is 35.4 Å². The molecule has 6 heteroatoms. The topological polar surface area (TPSA) is 46.6 Å². The Balaban J connectivity index is 1.94. The molecule has 0 radical (unpaired) electrons. The summed E-state index contributed by atoms with van der Waals surface area (Å²) >= 11 is 0. The molecule has 0 aliphatic carbocycles. The number of benzene rings is 1. The normalized spacial score (nSPS) is 21.7. The SMILES string of the molecule is COC(=O)[C@@H](CCC(=O)CN1[C@H](C)CCC[C@@H]1C)Cc1ccc(F)c(F)c1. The first-order valence-corrected chi connectivity index (χ1v) is 9.61. The molecule has 1 fully saturated rings. The van der Waals surface area contributed by atoms with Crippen molar-refractivity contribution in [3.63, 3.8) is 0 Å². The van der Waals surface area contributed by atoms with Crippen molar-refractivity contribution >= 4 is 11.8 Å². The molecule has 0 aromatic heterocycles. The first-order chi connectivity index (χ1) is 12.8. The summed E-state index contributed by atoms with van der Waals surface area (Å²) in [5.41, 5.74) is 0.509. The van der Waals surface area contributed by atoms with Gasteiger partial charge in [0.25, 0.3) is 0 Å². The molecule has 1 aliphatic rings. The number of esters is 1. The number of Topliss-reactive ketones (excluding diaryl/α,β-unsaturated/α-hetero) is 1. The molecule has 0 spiro atoms. The lowest BCUT2D eigenvalue weighted by molar-refractivity contribution is -0.145. The minimum Gasteiger partial charge on any atom is -0.469 e. The summed E-state index contributed by atoms with van der Waals surface area (Å²) in [6, 6.07) is 4.35. The second-order valence-electron chi connectivity index (χ2n) is 7.55. The van der Waals surface area contributed by atoms with Gasteiger partial charge in [-0.25, -0.2) is 8.78 Å². The van der Waals surface area contributed by atoms with E-state index in [-0.39, 0.29) is 18.6 Å². The molecule has 0 bridgehead atoms. The van der Waals surface area contributed by atoms with Crippen molar-refractivity contribution in [2.45, 2.75) is 64.5 Å². The predicted octanol–water partition coefficient (Wildman–Crippen LogP) is 3.91. The van der Waals surface area contributed by atoms with Gasteiger partial charge in [0.2, 0.25) is 0 Å². The Morgan fingerprint density at radius 1 is 1.19 bits per heavy atom. The highest BCUT2D eigenvalue weighted by Crippen LogP contribution is 2.23. The minimum atomic E-state index is -0.944. The van der Waals surface area contributed by atoms with Crippen LogP contribution in [0.1, 0.15) is 51.5 Å². The number of hydrogen-bond acceptors (Lipinski definition) is 4. The number of rotatable bonds is 8. The lowest BCUT2D eigenvalue weighted by Gasteiger charge is -2.38. The molecule has 0 saturated carbocycles. The highest BCUT2D eigenvalue weighted by molar-refractivity contribution is 5.81. The Labute approximate surface area is 159 Å². The molecule has 1 aromatic rings. The molecule has 4 nitrogen and oxygen atoms in total. The quantitative estimate of drug-likeness (QED) is 0.641. The fourth-order valence-corrected chi connectivity index (χ4v) is 3.83. The van der Waals surface area contributed by atoms with Crippen molar-refractivity contribution in [3.8, 4) is 0 Å². The van der Waals surface area contributed by atoms with E-state index < -0.39 is 23.5 Å². The molecule has 1 aromatic carbocycles. The number of halogens is 2. The largest absolute Gasteiger partial charge is 0.469 e. The van der Waals surface area contributed by atoms with Crippen molar-refractivity contribution in [2.24, 2.45) is 5.92 Å². The van der Waals surface area contributed by atoms with Gasteiger partial charge in [-0.15, -0.1) is 0 Å². The number of carbonyl (C=O) groups is 2. The van der Waals surface area contributed by atoms with E-state index >= 15 is 0 Å². The molecule has 150 valence electrons. The lowest BCUT2D eigenvalue weighted by Crippen LogP contribution is -2.46. The van der Waals surface area contributed by atoms with Crippen LogP contribution < -0.4 is 0 Å². The van der Waals surface area contributed by atoms with E-state index in [9.17, 15) is 18.4 Å². The summed E-state index contributed by atoms with van der Waals surface area (Å²) in [4.78, 5) is 26.8. The van der Waals surface area contributed by atoms with E-state index in [1.165, 1.54) is 19.6 Å². The van der Waals surface area contributed by atoms with Gasteiger partial charge in [-0.2, -0.15) is 0 Å². The van der Waals surface area contributed by atoms with Crippen LogP contribution in [0, 0.1) is 17.6 Å². The number of nitrogens with zero attached hydrogens (tertiary/aromatic N) is 1. The van der Waals surface area contributed by atoms with Gasteiger partial charge in [0, 0.05) is 18.5 Å².